The largest absolute Gasteiger partial charge is 0.340 e. The van der Waals surface area contributed by atoms with Gasteiger partial charge in [0.15, 0.2) is 0 Å². The van der Waals surface area contributed by atoms with Crippen LogP contribution < -0.4 is 10.6 Å². The first kappa shape index (κ1) is 19.7. The summed E-state index contributed by atoms with van der Waals surface area (Å²) in [5, 5.41) is 14.9. The van der Waals surface area contributed by atoms with E-state index < -0.39 is 6.04 Å². The molecule has 3 rings (SSSR count). The molecule has 0 radical (unpaired) electrons. The SMILES string of the molecule is Cc1ccccc1C(=O)N[C@H](C(=O)Nc1nnc(-c2ccccc2)s1)C(C)C. The summed E-state index contributed by atoms with van der Waals surface area (Å²) >= 11 is 1.29. The molecule has 2 amide bonds. The van der Waals surface area contributed by atoms with E-state index in [9.17, 15) is 9.59 Å². The fraction of sp³-hybridized carbons (Fsp3) is 0.238. The Morgan fingerprint density at radius 2 is 1.64 bits per heavy atom. The number of anilines is 1. The Kier molecular flexibility index (Phi) is 6.16. The predicted octanol–water partition coefficient (Wildman–Crippen LogP) is 3.91. The molecule has 1 aromatic heterocycles. The maximum Gasteiger partial charge on any atom is 0.252 e. The lowest BCUT2D eigenvalue weighted by atomic mass is 10.0. The van der Waals surface area contributed by atoms with Gasteiger partial charge >= 0.3 is 0 Å². The monoisotopic (exact) mass is 394 g/mol. The second-order valence-corrected chi connectivity index (χ2v) is 7.76. The predicted molar refractivity (Wildman–Crippen MR) is 111 cm³/mol. The normalized spacial score (nSPS) is 11.9. The van der Waals surface area contributed by atoms with Gasteiger partial charge in [0, 0.05) is 11.1 Å². The Morgan fingerprint density at radius 3 is 2.32 bits per heavy atom. The lowest BCUT2D eigenvalue weighted by Gasteiger charge is -2.21. The Bertz CT molecular complexity index is 969. The van der Waals surface area contributed by atoms with E-state index in [4.69, 9.17) is 0 Å². The molecular formula is C21H22N4O2S. The van der Waals surface area contributed by atoms with Crippen molar-refractivity contribution in [2.24, 2.45) is 5.92 Å². The van der Waals surface area contributed by atoms with E-state index >= 15 is 0 Å². The minimum Gasteiger partial charge on any atom is -0.340 e. The highest BCUT2D eigenvalue weighted by Gasteiger charge is 2.26. The van der Waals surface area contributed by atoms with Crippen LogP contribution in [0.25, 0.3) is 10.6 Å². The van der Waals surface area contributed by atoms with Crippen molar-refractivity contribution < 1.29 is 9.59 Å². The van der Waals surface area contributed by atoms with E-state index in [1.54, 1.807) is 12.1 Å². The molecule has 0 bridgehead atoms. The third-order valence-electron chi connectivity index (χ3n) is 4.30. The molecular weight excluding hydrogens is 372 g/mol. The number of carbonyl (C=O) groups is 2. The quantitative estimate of drug-likeness (QED) is 0.664. The molecule has 1 atom stereocenters. The summed E-state index contributed by atoms with van der Waals surface area (Å²) in [5.41, 5.74) is 2.36. The molecule has 0 fully saturated rings. The molecule has 0 aliphatic carbocycles. The van der Waals surface area contributed by atoms with Crippen LogP contribution in [0.4, 0.5) is 5.13 Å². The van der Waals surface area contributed by atoms with E-state index in [0.717, 1.165) is 16.1 Å². The lowest BCUT2D eigenvalue weighted by Crippen LogP contribution is -2.47. The number of carbonyl (C=O) groups excluding carboxylic acids is 2. The fourth-order valence-electron chi connectivity index (χ4n) is 2.74. The average molecular weight is 395 g/mol. The first-order valence-corrected chi connectivity index (χ1v) is 9.83. The van der Waals surface area contributed by atoms with Crippen LogP contribution in [-0.4, -0.2) is 28.1 Å². The van der Waals surface area contributed by atoms with Gasteiger partial charge in [-0.05, 0) is 24.5 Å². The summed E-state index contributed by atoms with van der Waals surface area (Å²) in [6, 6.07) is 16.3. The van der Waals surface area contributed by atoms with Crippen LogP contribution >= 0.6 is 11.3 Å². The van der Waals surface area contributed by atoms with Crippen molar-refractivity contribution in [1.82, 2.24) is 15.5 Å². The van der Waals surface area contributed by atoms with Crippen LogP contribution in [0.3, 0.4) is 0 Å². The van der Waals surface area contributed by atoms with Crippen LogP contribution in [0.1, 0.15) is 29.8 Å². The maximum atomic E-state index is 12.8. The van der Waals surface area contributed by atoms with E-state index in [2.05, 4.69) is 20.8 Å². The Labute approximate surface area is 168 Å². The zero-order valence-corrected chi connectivity index (χ0v) is 16.8. The molecule has 28 heavy (non-hydrogen) atoms. The van der Waals surface area contributed by atoms with Crippen LogP contribution in [0, 0.1) is 12.8 Å². The number of hydrogen-bond donors (Lipinski definition) is 2. The van der Waals surface area contributed by atoms with Crippen molar-refractivity contribution in [3.63, 3.8) is 0 Å². The molecule has 2 N–H and O–H groups in total. The molecule has 7 heteroatoms. The van der Waals surface area contributed by atoms with Gasteiger partial charge < -0.3 is 5.32 Å². The van der Waals surface area contributed by atoms with Gasteiger partial charge in [0.2, 0.25) is 11.0 Å². The smallest absolute Gasteiger partial charge is 0.252 e. The Balaban J connectivity index is 1.71. The highest BCUT2D eigenvalue weighted by molar-refractivity contribution is 7.18. The number of aryl methyl sites for hydroxylation is 1. The number of aromatic nitrogens is 2. The Hall–Kier alpha value is -3.06. The summed E-state index contributed by atoms with van der Waals surface area (Å²) in [6.45, 7) is 5.64. The number of amides is 2. The van der Waals surface area contributed by atoms with E-state index in [1.165, 1.54) is 11.3 Å². The van der Waals surface area contributed by atoms with Gasteiger partial charge in [-0.15, -0.1) is 10.2 Å². The van der Waals surface area contributed by atoms with Crippen LogP contribution in [-0.2, 0) is 4.79 Å². The zero-order valence-electron chi connectivity index (χ0n) is 16.0. The van der Waals surface area contributed by atoms with Gasteiger partial charge in [-0.2, -0.15) is 0 Å². The number of rotatable bonds is 6. The van der Waals surface area contributed by atoms with Crippen molar-refractivity contribution in [1.29, 1.82) is 0 Å². The molecule has 2 aromatic carbocycles. The average Bonchev–Trinajstić information content (AvgIpc) is 3.15. The van der Waals surface area contributed by atoms with Crippen molar-refractivity contribution in [2.45, 2.75) is 26.8 Å². The van der Waals surface area contributed by atoms with Crippen LogP contribution in [0.2, 0.25) is 0 Å². The van der Waals surface area contributed by atoms with Crippen LogP contribution in [0.15, 0.2) is 54.6 Å². The highest BCUT2D eigenvalue weighted by Crippen LogP contribution is 2.26. The molecule has 0 saturated carbocycles. The highest BCUT2D eigenvalue weighted by atomic mass is 32.1. The lowest BCUT2D eigenvalue weighted by molar-refractivity contribution is -0.118. The molecule has 0 aliphatic rings. The molecule has 0 unspecified atom stereocenters. The van der Waals surface area contributed by atoms with Crippen molar-refractivity contribution in [3.8, 4) is 10.6 Å². The number of hydrogen-bond acceptors (Lipinski definition) is 5. The van der Waals surface area contributed by atoms with E-state index in [0.29, 0.717) is 10.7 Å². The van der Waals surface area contributed by atoms with Gasteiger partial charge in [-0.3, -0.25) is 14.9 Å². The summed E-state index contributed by atoms with van der Waals surface area (Å²) in [6.07, 6.45) is 0. The van der Waals surface area contributed by atoms with Gasteiger partial charge in [-0.1, -0.05) is 73.7 Å². The third-order valence-corrected chi connectivity index (χ3v) is 5.19. The summed E-state index contributed by atoms with van der Waals surface area (Å²) in [4.78, 5) is 25.4. The summed E-state index contributed by atoms with van der Waals surface area (Å²) < 4.78 is 0. The first-order chi connectivity index (χ1) is 13.5. The summed E-state index contributed by atoms with van der Waals surface area (Å²) in [5.74, 6) is -0.670. The third kappa shape index (κ3) is 4.61. The minimum absolute atomic E-state index is 0.0884. The van der Waals surface area contributed by atoms with Gasteiger partial charge in [0.05, 0.1) is 0 Å². The van der Waals surface area contributed by atoms with Gasteiger partial charge in [0.1, 0.15) is 11.0 Å². The molecule has 6 nitrogen and oxygen atoms in total. The number of nitrogens with one attached hydrogen (secondary N) is 2. The zero-order chi connectivity index (χ0) is 20.1. The topological polar surface area (TPSA) is 84.0 Å². The van der Waals surface area contributed by atoms with Crippen molar-refractivity contribution in [3.05, 3.63) is 65.7 Å². The second-order valence-electron chi connectivity index (χ2n) is 6.78. The minimum atomic E-state index is -0.684. The molecule has 0 saturated heterocycles. The number of nitrogens with zero attached hydrogens (tertiary/aromatic N) is 2. The van der Waals surface area contributed by atoms with Crippen LogP contribution in [0.5, 0.6) is 0 Å². The molecule has 3 aromatic rings. The van der Waals surface area contributed by atoms with Crippen molar-refractivity contribution >= 4 is 28.3 Å². The van der Waals surface area contributed by atoms with Crippen molar-refractivity contribution in [2.75, 3.05) is 5.32 Å². The fourth-order valence-corrected chi connectivity index (χ4v) is 3.49. The molecule has 0 spiro atoms. The number of benzene rings is 2. The standard InChI is InChI=1S/C21H22N4O2S/c1-13(2)17(22-18(26)16-12-8-7-9-14(16)3)19(27)23-21-25-24-20(28-21)15-10-5-4-6-11-15/h4-13,17H,1-3H3,(H,22,26)(H,23,25,27)/t17-/m0/s1. The van der Waals surface area contributed by atoms with E-state index in [-0.39, 0.29) is 17.7 Å². The Morgan fingerprint density at radius 1 is 0.964 bits per heavy atom. The molecule has 1 heterocycles. The summed E-state index contributed by atoms with van der Waals surface area (Å²) in [7, 11) is 0. The van der Waals surface area contributed by atoms with Gasteiger partial charge in [-0.25, -0.2) is 0 Å². The maximum absolute atomic E-state index is 12.8. The molecule has 144 valence electrons. The van der Waals surface area contributed by atoms with E-state index in [1.807, 2.05) is 63.2 Å². The van der Waals surface area contributed by atoms with Gasteiger partial charge in [0.25, 0.3) is 5.91 Å². The molecule has 0 aliphatic heterocycles. The first-order valence-electron chi connectivity index (χ1n) is 9.02. The second kappa shape index (κ2) is 8.75.